The molecule has 0 aliphatic carbocycles. The fourth-order valence-electron chi connectivity index (χ4n) is 4.82. The summed E-state index contributed by atoms with van der Waals surface area (Å²) in [7, 11) is 0. The summed E-state index contributed by atoms with van der Waals surface area (Å²) < 4.78 is 24.3. The second-order valence-corrected chi connectivity index (χ2v) is 9.69. The molecule has 2 heterocycles. The van der Waals surface area contributed by atoms with Crippen LogP contribution < -0.4 is 10.6 Å². The molecular weight excluding hydrogens is 515 g/mol. The molecule has 3 aromatic rings. The summed E-state index contributed by atoms with van der Waals surface area (Å²) in [6.45, 7) is 4.31. The topological polar surface area (TPSA) is 100 Å². The Morgan fingerprint density at radius 3 is 2.33 bits per heavy atom. The van der Waals surface area contributed by atoms with Crippen molar-refractivity contribution in [2.24, 2.45) is 0 Å². The third-order valence-corrected chi connectivity index (χ3v) is 6.98. The minimum atomic E-state index is -0.878. The van der Waals surface area contributed by atoms with Crippen LogP contribution in [0.5, 0.6) is 0 Å². The highest BCUT2D eigenvalue weighted by Crippen LogP contribution is 2.34. The Kier molecular flexibility index (Phi) is 8.68. The van der Waals surface area contributed by atoms with Crippen LogP contribution in [0.25, 0.3) is 0 Å². The number of anilines is 1. The molecule has 0 saturated carbocycles. The average molecular weight is 547 g/mol. The number of hydrogen-bond acceptors (Lipinski definition) is 6. The van der Waals surface area contributed by atoms with Gasteiger partial charge in [0.25, 0.3) is 5.91 Å². The van der Waals surface area contributed by atoms with E-state index < -0.39 is 24.1 Å². The molecule has 9 nitrogen and oxygen atoms in total. The number of cyclic esters (lactones) is 1. The number of nitrogens with zero attached hydrogens (tertiary/aromatic N) is 2. The van der Waals surface area contributed by atoms with Crippen molar-refractivity contribution in [3.8, 4) is 0 Å². The summed E-state index contributed by atoms with van der Waals surface area (Å²) in [4.78, 5) is 42.7. The summed E-state index contributed by atoms with van der Waals surface area (Å²) in [5.74, 6) is -1.10. The Morgan fingerprint density at radius 2 is 1.62 bits per heavy atom. The maximum Gasteiger partial charge on any atom is 0.411 e. The van der Waals surface area contributed by atoms with E-state index in [1.807, 2.05) is 30.3 Å². The van der Waals surface area contributed by atoms with Gasteiger partial charge in [0.2, 0.25) is 5.91 Å². The van der Waals surface area contributed by atoms with E-state index in [0.717, 1.165) is 18.7 Å². The number of halogens is 1. The SMILES string of the molecule is O=C(Nc1ccc(C2OC(=O)N(Cc3ccccc3)C2C(=O)NCCN2CCOCC2)cc1)c1ccc(F)cc1. The molecule has 3 aromatic carbocycles. The quantitative estimate of drug-likeness (QED) is 0.426. The monoisotopic (exact) mass is 546 g/mol. The van der Waals surface area contributed by atoms with Crippen LogP contribution in [0.1, 0.15) is 27.6 Å². The first-order chi connectivity index (χ1) is 19.5. The lowest BCUT2D eigenvalue weighted by molar-refractivity contribution is -0.126. The van der Waals surface area contributed by atoms with Crippen molar-refractivity contribution in [1.82, 2.24) is 15.1 Å². The zero-order valence-electron chi connectivity index (χ0n) is 21.9. The number of carbonyl (C=O) groups is 3. The first-order valence-corrected chi connectivity index (χ1v) is 13.2. The van der Waals surface area contributed by atoms with Gasteiger partial charge in [0.1, 0.15) is 5.82 Å². The lowest BCUT2D eigenvalue weighted by Gasteiger charge is -2.28. The van der Waals surface area contributed by atoms with E-state index in [4.69, 9.17) is 9.47 Å². The van der Waals surface area contributed by atoms with E-state index >= 15 is 0 Å². The fourth-order valence-corrected chi connectivity index (χ4v) is 4.82. The number of hydrogen-bond donors (Lipinski definition) is 2. The van der Waals surface area contributed by atoms with Crippen LogP contribution in [0, 0.1) is 5.82 Å². The van der Waals surface area contributed by atoms with Gasteiger partial charge in [-0.2, -0.15) is 0 Å². The second kappa shape index (κ2) is 12.7. The van der Waals surface area contributed by atoms with Gasteiger partial charge in [-0.05, 0) is 47.5 Å². The van der Waals surface area contributed by atoms with Crippen LogP contribution >= 0.6 is 0 Å². The van der Waals surface area contributed by atoms with E-state index in [1.54, 1.807) is 24.3 Å². The molecule has 208 valence electrons. The normalized spacial score (nSPS) is 19.2. The molecule has 2 fully saturated rings. The molecule has 3 amide bonds. The highest BCUT2D eigenvalue weighted by Gasteiger charge is 2.46. The lowest BCUT2D eigenvalue weighted by atomic mass is 10.00. The van der Waals surface area contributed by atoms with Gasteiger partial charge < -0.3 is 20.1 Å². The number of amides is 3. The molecule has 2 unspecified atom stereocenters. The highest BCUT2D eigenvalue weighted by molar-refractivity contribution is 6.04. The van der Waals surface area contributed by atoms with Gasteiger partial charge >= 0.3 is 6.09 Å². The molecule has 2 atom stereocenters. The van der Waals surface area contributed by atoms with Gasteiger partial charge in [-0.1, -0.05) is 42.5 Å². The number of rotatable bonds is 9. The highest BCUT2D eigenvalue weighted by atomic mass is 19.1. The smallest absolute Gasteiger partial charge is 0.411 e. The van der Waals surface area contributed by atoms with Gasteiger partial charge in [-0.25, -0.2) is 9.18 Å². The van der Waals surface area contributed by atoms with E-state index in [1.165, 1.54) is 29.2 Å². The summed E-state index contributed by atoms with van der Waals surface area (Å²) in [5, 5.41) is 5.75. The minimum absolute atomic E-state index is 0.226. The van der Waals surface area contributed by atoms with Gasteiger partial charge in [-0.3, -0.25) is 19.4 Å². The molecule has 0 aromatic heterocycles. The number of benzene rings is 3. The van der Waals surface area contributed by atoms with Gasteiger partial charge in [0.15, 0.2) is 12.1 Å². The maximum absolute atomic E-state index is 13.5. The molecular formula is C30H31FN4O5. The number of carbonyl (C=O) groups excluding carboxylic acids is 3. The standard InChI is InChI=1S/C30H31FN4O5/c31-24-10-6-23(7-11-24)28(36)33-25-12-8-22(9-13-25)27-26(29(37)32-14-15-34-16-18-39-19-17-34)35(30(38)40-27)20-21-4-2-1-3-5-21/h1-13,26-27H,14-20H2,(H,32,37)(H,33,36). The maximum atomic E-state index is 13.5. The zero-order valence-corrected chi connectivity index (χ0v) is 21.9. The summed E-state index contributed by atoms with van der Waals surface area (Å²) in [6, 6.07) is 20.6. The summed E-state index contributed by atoms with van der Waals surface area (Å²) in [5.41, 5.74) is 2.33. The second-order valence-electron chi connectivity index (χ2n) is 9.69. The van der Waals surface area contributed by atoms with E-state index in [0.29, 0.717) is 43.1 Å². The molecule has 2 aliphatic rings. The summed E-state index contributed by atoms with van der Waals surface area (Å²) >= 11 is 0. The van der Waals surface area contributed by atoms with Crippen molar-refractivity contribution < 1.29 is 28.2 Å². The molecule has 0 bridgehead atoms. The molecule has 0 spiro atoms. The Hall–Kier alpha value is -4.28. The van der Waals surface area contributed by atoms with Crippen LogP contribution in [0.15, 0.2) is 78.9 Å². The van der Waals surface area contributed by atoms with E-state index in [2.05, 4.69) is 15.5 Å². The van der Waals surface area contributed by atoms with Crippen molar-refractivity contribution in [3.05, 3.63) is 101 Å². The Bertz CT molecular complexity index is 1310. The van der Waals surface area contributed by atoms with Crippen LogP contribution in [-0.2, 0) is 20.8 Å². The van der Waals surface area contributed by atoms with E-state index in [9.17, 15) is 18.8 Å². The molecule has 2 aliphatic heterocycles. The first kappa shape index (κ1) is 27.3. The average Bonchev–Trinajstić information content (AvgIpc) is 3.30. The van der Waals surface area contributed by atoms with Gasteiger partial charge in [-0.15, -0.1) is 0 Å². The molecule has 2 saturated heterocycles. The van der Waals surface area contributed by atoms with Crippen molar-refractivity contribution in [2.45, 2.75) is 18.7 Å². The molecule has 40 heavy (non-hydrogen) atoms. The van der Waals surface area contributed by atoms with Gasteiger partial charge in [0, 0.05) is 37.4 Å². The van der Waals surface area contributed by atoms with Gasteiger partial charge in [0.05, 0.1) is 19.8 Å². The number of ether oxygens (including phenoxy) is 2. The Labute approximate surface area is 231 Å². The number of morpholine rings is 1. The van der Waals surface area contributed by atoms with Crippen molar-refractivity contribution in [2.75, 3.05) is 44.7 Å². The van der Waals surface area contributed by atoms with Crippen molar-refractivity contribution >= 4 is 23.6 Å². The van der Waals surface area contributed by atoms with E-state index in [-0.39, 0.29) is 18.4 Å². The Balaban J connectivity index is 1.30. The first-order valence-electron chi connectivity index (χ1n) is 13.2. The predicted molar refractivity (Wildman–Crippen MR) is 146 cm³/mol. The zero-order chi connectivity index (χ0) is 27.9. The van der Waals surface area contributed by atoms with Crippen LogP contribution in [-0.4, -0.2) is 73.1 Å². The number of nitrogens with one attached hydrogen (secondary N) is 2. The van der Waals surface area contributed by atoms with Crippen molar-refractivity contribution in [1.29, 1.82) is 0 Å². The molecule has 5 rings (SSSR count). The summed E-state index contributed by atoms with van der Waals surface area (Å²) in [6.07, 6.45) is -1.41. The Morgan fingerprint density at radius 1 is 0.925 bits per heavy atom. The largest absolute Gasteiger partial charge is 0.438 e. The van der Waals surface area contributed by atoms with Crippen LogP contribution in [0.2, 0.25) is 0 Å². The third kappa shape index (κ3) is 6.64. The van der Waals surface area contributed by atoms with Crippen LogP contribution in [0.3, 0.4) is 0 Å². The fraction of sp³-hybridized carbons (Fsp3) is 0.300. The minimum Gasteiger partial charge on any atom is -0.438 e. The third-order valence-electron chi connectivity index (χ3n) is 6.98. The van der Waals surface area contributed by atoms with Crippen molar-refractivity contribution in [3.63, 3.8) is 0 Å². The predicted octanol–water partition coefficient (Wildman–Crippen LogP) is 3.59. The molecule has 10 heteroatoms. The molecule has 0 radical (unpaired) electrons. The molecule has 2 N–H and O–H groups in total. The van der Waals surface area contributed by atoms with Crippen LogP contribution in [0.4, 0.5) is 14.9 Å². The lowest BCUT2D eigenvalue weighted by Crippen LogP contribution is -2.48.